The minimum atomic E-state index is 0. The molecule has 9 heteroatoms. The van der Waals surface area contributed by atoms with Crippen LogP contribution in [0.1, 0.15) is 89.9 Å². The summed E-state index contributed by atoms with van der Waals surface area (Å²) in [5.41, 5.74) is 16.2. The van der Waals surface area contributed by atoms with Crippen LogP contribution in [0.2, 0.25) is 0 Å². The monoisotopic (exact) mass is 605 g/mol. The number of piperidine rings is 4. The molecule has 4 N–H and O–H groups in total. The average Bonchev–Trinajstić information content (AvgIpc) is 2.99. The fourth-order valence-electron chi connectivity index (χ4n) is 6.80. The Morgan fingerprint density at radius 1 is 0.514 bits per heavy atom. The predicted molar refractivity (Wildman–Crippen MR) is 150 cm³/mol. The zero-order valence-corrected chi connectivity index (χ0v) is 24.1. The molecule has 37 heavy (non-hydrogen) atoms. The molecule has 0 aromatic carbocycles. The summed E-state index contributed by atoms with van der Waals surface area (Å²) in [5.74, 6) is 0. The third kappa shape index (κ3) is 9.08. The van der Waals surface area contributed by atoms with Gasteiger partial charge in [0.05, 0.1) is 0 Å². The van der Waals surface area contributed by atoms with Crippen molar-refractivity contribution in [2.24, 2.45) is 0 Å². The van der Waals surface area contributed by atoms with Crippen LogP contribution in [-0.2, 0) is 22.4 Å². The van der Waals surface area contributed by atoms with E-state index >= 15 is 0 Å². The summed E-state index contributed by atoms with van der Waals surface area (Å²) in [5, 5.41) is 16.7. The molecule has 0 aliphatic carbocycles. The van der Waals surface area contributed by atoms with Crippen molar-refractivity contribution in [3.05, 3.63) is 33.6 Å². The Labute approximate surface area is 241 Å². The minimum absolute atomic E-state index is 0. The molecule has 6 heterocycles. The van der Waals surface area contributed by atoms with Crippen molar-refractivity contribution in [3.8, 4) is 0 Å². The molecule has 0 radical (unpaired) electrons. The van der Waals surface area contributed by atoms with Gasteiger partial charge in [-0.15, -0.1) is 37.3 Å². The van der Waals surface area contributed by atoms with Gasteiger partial charge in [0.25, 0.3) is 0 Å². The summed E-state index contributed by atoms with van der Waals surface area (Å²) in [4.78, 5) is 0. The van der Waals surface area contributed by atoms with Gasteiger partial charge in [0.15, 0.2) is 0 Å². The Morgan fingerprint density at radius 3 is 1.73 bits per heavy atom. The van der Waals surface area contributed by atoms with E-state index in [0.717, 1.165) is 19.6 Å². The summed E-state index contributed by atoms with van der Waals surface area (Å²) >= 11 is 0. The van der Waals surface area contributed by atoms with Crippen LogP contribution in [0.4, 0.5) is 0 Å². The fourth-order valence-corrected chi connectivity index (χ4v) is 6.80. The Kier molecular flexibility index (Phi) is 13.4. The zero-order chi connectivity index (χ0) is 24.4. The van der Waals surface area contributed by atoms with E-state index in [1.165, 1.54) is 96.4 Å². The summed E-state index contributed by atoms with van der Waals surface area (Å²) in [6.45, 7) is 4.42. The van der Waals surface area contributed by atoms with Gasteiger partial charge in [-0.2, -0.15) is 6.04 Å². The van der Waals surface area contributed by atoms with Gasteiger partial charge in [0.1, 0.15) is 0 Å². The Balaban J connectivity index is 0.000000168. The molecule has 8 unspecified atom stereocenters. The van der Waals surface area contributed by atoms with Crippen molar-refractivity contribution in [1.29, 1.82) is 0 Å². The molecule has 0 saturated carbocycles. The van der Waals surface area contributed by atoms with Crippen molar-refractivity contribution in [1.82, 2.24) is 21.5 Å². The van der Waals surface area contributed by atoms with Gasteiger partial charge in [-0.3, -0.25) is 0 Å². The third-order valence-corrected chi connectivity index (χ3v) is 9.07. The Bertz CT molecular complexity index is 580. The van der Waals surface area contributed by atoms with Gasteiger partial charge in [0, 0.05) is 24.2 Å². The van der Waals surface area contributed by atoms with E-state index in [4.69, 9.17) is 16.1 Å². The molecule has 6 aliphatic heterocycles. The first-order valence-corrected chi connectivity index (χ1v) is 15.3. The van der Waals surface area contributed by atoms with Crippen LogP contribution >= 0.6 is 0 Å². The number of rotatable bonds is 4. The molecule has 5 saturated heterocycles. The smallest absolute Gasteiger partial charge is 0.661 e. The molecule has 0 bridgehead atoms. The average molecular weight is 607 g/mol. The van der Waals surface area contributed by atoms with E-state index in [2.05, 4.69) is 39.1 Å². The first-order chi connectivity index (χ1) is 17.9. The van der Waals surface area contributed by atoms with Crippen LogP contribution in [0.5, 0.6) is 0 Å². The van der Waals surface area contributed by atoms with Gasteiger partial charge in [0.2, 0.25) is 0 Å². The maximum atomic E-state index is 4.74. The second-order valence-corrected chi connectivity index (χ2v) is 11.7. The molecular formula is C28H50AgN8-3. The Hall–Kier alpha value is 0.160. The summed E-state index contributed by atoms with van der Waals surface area (Å²) in [7, 11) is 0. The van der Waals surface area contributed by atoms with Crippen molar-refractivity contribution in [2.75, 3.05) is 26.2 Å². The van der Waals surface area contributed by atoms with Crippen LogP contribution in [0.3, 0.4) is 0 Å². The standard InChI is InChI=1S/C14H26N4.C14H24N4.Ag/c2*1-3-9-15-11(5-1)13-7-8-14(18-17-13)12-6-2-4-10-16-12;/h11-15,17H,1-10H2;7-8,11-15,17H,1-6,9-10H2;/q2*-2;+1. The van der Waals surface area contributed by atoms with Crippen molar-refractivity contribution in [2.45, 2.75) is 138 Å². The molecule has 0 spiro atoms. The van der Waals surface area contributed by atoms with E-state index in [-0.39, 0.29) is 28.4 Å². The second kappa shape index (κ2) is 16.4. The molecule has 8 atom stereocenters. The first kappa shape index (κ1) is 30.1. The topological polar surface area (TPSA) is 105 Å². The molecule has 0 aromatic rings. The zero-order valence-electron chi connectivity index (χ0n) is 22.6. The number of nitrogens with one attached hydrogen (secondary N) is 4. The normalized spacial score (nSPS) is 41.1. The predicted octanol–water partition coefficient (Wildman–Crippen LogP) is 4.70. The van der Waals surface area contributed by atoms with Gasteiger partial charge in [-0.25, -0.2) is 0 Å². The summed E-state index contributed by atoms with van der Waals surface area (Å²) in [6.07, 6.45) is 22.6. The molecule has 6 rings (SSSR count). The molecule has 5 fully saturated rings. The maximum absolute atomic E-state index is 4.74. The maximum Gasteiger partial charge on any atom is 1.00 e. The molecule has 8 nitrogen and oxygen atoms in total. The van der Waals surface area contributed by atoms with Crippen LogP contribution < -0.4 is 21.5 Å². The van der Waals surface area contributed by atoms with Crippen molar-refractivity contribution in [3.63, 3.8) is 0 Å². The van der Waals surface area contributed by atoms with E-state index in [1.54, 1.807) is 0 Å². The molecule has 6 aliphatic rings. The van der Waals surface area contributed by atoms with Crippen molar-refractivity contribution >= 4 is 0 Å². The number of hydrogen-bond acceptors (Lipinski definition) is 4. The summed E-state index contributed by atoms with van der Waals surface area (Å²) in [6, 6.07) is 3.79. The van der Waals surface area contributed by atoms with Crippen LogP contribution in [0.25, 0.3) is 21.5 Å². The largest absolute Gasteiger partial charge is 1.00 e. The number of hydrogen-bond donors (Lipinski definition) is 4. The third-order valence-electron chi connectivity index (χ3n) is 9.07. The van der Waals surface area contributed by atoms with E-state index < -0.39 is 0 Å². The van der Waals surface area contributed by atoms with E-state index in [9.17, 15) is 0 Å². The summed E-state index contributed by atoms with van der Waals surface area (Å²) < 4.78 is 0. The van der Waals surface area contributed by atoms with Crippen molar-refractivity contribution < 1.29 is 22.4 Å². The van der Waals surface area contributed by atoms with Crippen LogP contribution in [0, 0.1) is 0 Å². The molecule has 0 aromatic heterocycles. The van der Waals surface area contributed by atoms with Gasteiger partial charge in [-0.1, -0.05) is 63.9 Å². The molecular weight excluding hydrogens is 556 g/mol. The second-order valence-electron chi connectivity index (χ2n) is 11.7. The van der Waals surface area contributed by atoms with E-state index in [1.807, 2.05) is 0 Å². The molecule has 216 valence electrons. The minimum Gasteiger partial charge on any atom is -0.661 e. The van der Waals surface area contributed by atoms with Gasteiger partial charge >= 0.3 is 22.4 Å². The SMILES string of the molecule is C1=CC(C2CCCCN2)N[N-]C1C1CCCC[N-]1.C1CCC(C2CCC(C3CCCCN3)N[N-]2)[N-]C1.[Ag+]. The van der Waals surface area contributed by atoms with E-state index in [0.29, 0.717) is 42.3 Å². The quantitative estimate of drug-likeness (QED) is 0.275. The first-order valence-electron chi connectivity index (χ1n) is 15.3. The van der Waals surface area contributed by atoms with Crippen LogP contribution in [0.15, 0.2) is 12.2 Å². The molecule has 0 amide bonds. The van der Waals surface area contributed by atoms with Gasteiger partial charge < -0.3 is 43.0 Å². The Morgan fingerprint density at radius 2 is 1.19 bits per heavy atom. The number of nitrogens with zero attached hydrogens (tertiary/aromatic N) is 4. The van der Waals surface area contributed by atoms with Gasteiger partial charge in [-0.05, 0) is 45.2 Å². The fraction of sp³-hybridized carbons (Fsp3) is 0.929. The van der Waals surface area contributed by atoms with Crippen LogP contribution in [-0.4, -0.2) is 74.5 Å².